The predicted octanol–water partition coefficient (Wildman–Crippen LogP) is 2.51. The molecule has 0 radical (unpaired) electrons. The number of benzene rings is 2. The van der Waals surface area contributed by atoms with Crippen LogP contribution in [0.3, 0.4) is 0 Å². The van der Waals surface area contributed by atoms with E-state index < -0.39 is 15.9 Å². The van der Waals surface area contributed by atoms with Gasteiger partial charge in [-0.25, -0.2) is 8.42 Å². The average molecular weight is 490 g/mol. The van der Waals surface area contributed by atoms with Gasteiger partial charge in [-0.15, -0.1) is 0 Å². The van der Waals surface area contributed by atoms with E-state index in [1.165, 1.54) is 41.7 Å². The van der Waals surface area contributed by atoms with E-state index in [0.717, 1.165) is 19.3 Å². The molecule has 2 amide bonds. The Kier molecular flexibility index (Phi) is 8.51. The van der Waals surface area contributed by atoms with Gasteiger partial charge >= 0.3 is 0 Å². The summed E-state index contributed by atoms with van der Waals surface area (Å²) >= 11 is 0. The SMILES string of the molecule is COc1ccc(C(=O)NCCCNC(=O)c2cccc(O)c2)cc1S(=O)(=O)N1CCCCC1C. The van der Waals surface area contributed by atoms with Gasteiger partial charge in [0, 0.05) is 36.8 Å². The van der Waals surface area contributed by atoms with Crippen LogP contribution in [0.5, 0.6) is 11.5 Å². The number of hydrogen-bond acceptors (Lipinski definition) is 6. The Morgan fingerprint density at radius 3 is 2.35 bits per heavy atom. The second kappa shape index (κ2) is 11.3. The molecule has 3 rings (SSSR count). The lowest BCUT2D eigenvalue weighted by Gasteiger charge is -2.32. The molecular formula is C24H31N3O6S. The smallest absolute Gasteiger partial charge is 0.251 e. The van der Waals surface area contributed by atoms with Crippen LogP contribution >= 0.6 is 0 Å². The van der Waals surface area contributed by atoms with Gasteiger partial charge in [-0.2, -0.15) is 4.31 Å². The van der Waals surface area contributed by atoms with Gasteiger partial charge in [0.05, 0.1) is 7.11 Å². The number of rotatable bonds is 9. The van der Waals surface area contributed by atoms with E-state index in [9.17, 15) is 23.1 Å². The van der Waals surface area contributed by atoms with Gasteiger partial charge in [-0.3, -0.25) is 9.59 Å². The number of nitrogens with one attached hydrogen (secondary N) is 2. The largest absolute Gasteiger partial charge is 0.508 e. The fourth-order valence-corrected chi connectivity index (χ4v) is 5.80. The van der Waals surface area contributed by atoms with Crippen molar-refractivity contribution in [2.24, 2.45) is 0 Å². The Morgan fingerprint density at radius 1 is 1.06 bits per heavy atom. The molecule has 9 nitrogen and oxygen atoms in total. The highest BCUT2D eigenvalue weighted by Gasteiger charge is 2.33. The molecular weight excluding hydrogens is 458 g/mol. The standard InChI is InChI=1S/C24H31N3O6S/c1-17-7-3-4-14-27(17)34(31,32)22-16-19(10-11-21(22)33-2)24(30)26-13-6-12-25-23(29)18-8-5-9-20(28)15-18/h5,8-11,15-17,28H,3-4,6-7,12-14H2,1-2H3,(H,25,29)(H,26,30). The summed E-state index contributed by atoms with van der Waals surface area (Å²) in [6.45, 7) is 2.94. The monoisotopic (exact) mass is 489 g/mol. The predicted molar refractivity (Wildman–Crippen MR) is 128 cm³/mol. The Bertz CT molecular complexity index is 1140. The van der Waals surface area contributed by atoms with E-state index in [2.05, 4.69) is 10.6 Å². The first kappa shape index (κ1) is 25.5. The van der Waals surface area contributed by atoms with Crippen LogP contribution in [0.25, 0.3) is 0 Å². The summed E-state index contributed by atoms with van der Waals surface area (Å²) in [6.07, 6.45) is 3.06. The summed E-state index contributed by atoms with van der Waals surface area (Å²) in [5.41, 5.74) is 0.562. The van der Waals surface area contributed by atoms with Gasteiger partial charge in [0.1, 0.15) is 16.4 Å². The minimum absolute atomic E-state index is 0.00975. The van der Waals surface area contributed by atoms with Crippen LogP contribution in [-0.4, -0.2) is 62.4 Å². The van der Waals surface area contributed by atoms with Crippen molar-refractivity contribution in [1.29, 1.82) is 0 Å². The summed E-state index contributed by atoms with van der Waals surface area (Å²) < 4.78 is 33.4. The molecule has 1 aliphatic heterocycles. The molecule has 3 N–H and O–H groups in total. The molecule has 1 fully saturated rings. The molecule has 0 saturated carbocycles. The van der Waals surface area contributed by atoms with Crippen molar-refractivity contribution in [3.63, 3.8) is 0 Å². The van der Waals surface area contributed by atoms with Crippen molar-refractivity contribution < 1.29 is 27.9 Å². The molecule has 1 atom stereocenters. The summed E-state index contributed by atoms with van der Waals surface area (Å²) in [6, 6.07) is 10.3. The second-order valence-electron chi connectivity index (χ2n) is 8.24. The van der Waals surface area contributed by atoms with Gasteiger partial charge in [0.25, 0.3) is 11.8 Å². The zero-order valence-corrected chi connectivity index (χ0v) is 20.2. The van der Waals surface area contributed by atoms with Gasteiger partial charge < -0.3 is 20.5 Å². The van der Waals surface area contributed by atoms with E-state index in [-0.39, 0.29) is 40.5 Å². The Hall–Kier alpha value is -3.11. The van der Waals surface area contributed by atoms with Crippen LogP contribution in [0.4, 0.5) is 0 Å². The third-order valence-electron chi connectivity index (χ3n) is 5.79. The molecule has 1 unspecified atom stereocenters. The molecule has 1 saturated heterocycles. The van der Waals surface area contributed by atoms with Crippen LogP contribution in [0.15, 0.2) is 47.4 Å². The molecule has 2 aromatic rings. The van der Waals surface area contributed by atoms with Gasteiger partial charge in [-0.05, 0) is 62.6 Å². The first-order valence-electron chi connectivity index (χ1n) is 11.3. The first-order chi connectivity index (χ1) is 16.2. The van der Waals surface area contributed by atoms with Crippen LogP contribution in [0, 0.1) is 0 Å². The maximum absolute atomic E-state index is 13.3. The number of nitrogens with zero attached hydrogens (tertiary/aromatic N) is 1. The average Bonchev–Trinajstić information content (AvgIpc) is 2.83. The lowest BCUT2D eigenvalue weighted by atomic mass is 10.1. The number of phenolic OH excluding ortho intramolecular Hbond substituents is 1. The normalized spacial score (nSPS) is 16.6. The number of hydrogen-bond donors (Lipinski definition) is 3. The zero-order valence-electron chi connectivity index (χ0n) is 19.4. The molecule has 0 bridgehead atoms. The minimum atomic E-state index is -3.82. The van der Waals surface area contributed by atoms with Crippen molar-refractivity contribution in [1.82, 2.24) is 14.9 Å². The molecule has 1 heterocycles. The van der Waals surface area contributed by atoms with Crippen molar-refractivity contribution in [2.75, 3.05) is 26.7 Å². The van der Waals surface area contributed by atoms with Gasteiger partial charge in [0.2, 0.25) is 10.0 Å². The summed E-state index contributed by atoms with van der Waals surface area (Å²) in [7, 11) is -2.41. The van der Waals surface area contributed by atoms with E-state index in [1.807, 2.05) is 6.92 Å². The second-order valence-corrected chi connectivity index (χ2v) is 10.1. The summed E-state index contributed by atoms with van der Waals surface area (Å²) in [5, 5.41) is 14.9. The van der Waals surface area contributed by atoms with Crippen molar-refractivity contribution >= 4 is 21.8 Å². The fraction of sp³-hybridized carbons (Fsp3) is 0.417. The van der Waals surface area contributed by atoms with Crippen LogP contribution in [-0.2, 0) is 10.0 Å². The van der Waals surface area contributed by atoms with Crippen molar-refractivity contribution in [3.05, 3.63) is 53.6 Å². The summed E-state index contributed by atoms with van der Waals surface area (Å²) in [5.74, 6) is -0.524. The molecule has 2 aromatic carbocycles. The highest BCUT2D eigenvalue weighted by molar-refractivity contribution is 7.89. The number of carbonyl (C=O) groups excluding carboxylic acids is 2. The van der Waals surface area contributed by atoms with Crippen molar-refractivity contribution in [2.45, 2.75) is 43.5 Å². The maximum Gasteiger partial charge on any atom is 0.251 e. The number of methoxy groups -OCH3 is 1. The number of sulfonamides is 1. The quantitative estimate of drug-likeness (QED) is 0.465. The number of amides is 2. The van der Waals surface area contributed by atoms with E-state index in [0.29, 0.717) is 25.1 Å². The first-order valence-corrected chi connectivity index (χ1v) is 12.7. The highest BCUT2D eigenvalue weighted by Crippen LogP contribution is 2.31. The number of ether oxygens (including phenoxy) is 1. The van der Waals surface area contributed by atoms with E-state index in [1.54, 1.807) is 12.1 Å². The fourth-order valence-electron chi connectivity index (χ4n) is 3.92. The van der Waals surface area contributed by atoms with E-state index in [4.69, 9.17) is 4.74 Å². The van der Waals surface area contributed by atoms with Crippen LogP contribution in [0.1, 0.15) is 53.3 Å². The zero-order chi connectivity index (χ0) is 24.7. The number of piperidine rings is 1. The highest BCUT2D eigenvalue weighted by atomic mass is 32.2. The molecule has 0 spiro atoms. The minimum Gasteiger partial charge on any atom is -0.508 e. The van der Waals surface area contributed by atoms with Gasteiger partial charge in [0.15, 0.2) is 0 Å². The molecule has 34 heavy (non-hydrogen) atoms. The third kappa shape index (κ3) is 6.06. The maximum atomic E-state index is 13.3. The van der Waals surface area contributed by atoms with Crippen LogP contribution in [0.2, 0.25) is 0 Å². The lowest BCUT2D eigenvalue weighted by molar-refractivity contribution is 0.0951. The number of aromatic hydroxyl groups is 1. The van der Waals surface area contributed by atoms with Gasteiger partial charge in [-0.1, -0.05) is 12.5 Å². The number of carbonyl (C=O) groups is 2. The molecule has 0 aliphatic carbocycles. The molecule has 184 valence electrons. The van der Waals surface area contributed by atoms with Crippen LogP contribution < -0.4 is 15.4 Å². The van der Waals surface area contributed by atoms with Crippen molar-refractivity contribution in [3.8, 4) is 11.5 Å². The Balaban J connectivity index is 1.59. The molecule has 10 heteroatoms. The number of phenols is 1. The topological polar surface area (TPSA) is 125 Å². The van der Waals surface area contributed by atoms with E-state index >= 15 is 0 Å². The molecule has 1 aliphatic rings. The molecule has 0 aromatic heterocycles. The third-order valence-corrected chi connectivity index (χ3v) is 7.82. The lowest BCUT2D eigenvalue weighted by Crippen LogP contribution is -2.42. The Labute approximate surface area is 200 Å². The Morgan fingerprint density at radius 2 is 1.74 bits per heavy atom. The summed E-state index contributed by atoms with van der Waals surface area (Å²) in [4.78, 5) is 24.7.